The molecule has 0 radical (unpaired) electrons. The summed E-state index contributed by atoms with van der Waals surface area (Å²) >= 11 is 1.70. The Kier molecular flexibility index (Phi) is 5.11. The van der Waals surface area contributed by atoms with Gasteiger partial charge in [-0.2, -0.15) is 0 Å². The molecule has 21 heavy (non-hydrogen) atoms. The highest BCUT2D eigenvalue weighted by Crippen LogP contribution is 2.36. The van der Waals surface area contributed by atoms with Crippen molar-refractivity contribution in [2.45, 2.75) is 58.4 Å². The van der Waals surface area contributed by atoms with Crippen LogP contribution in [0.25, 0.3) is 0 Å². The van der Waals surface area contributed by atoms with Crippen LogP contribution in [0.4, 0.5) is 0 Å². The molecule has 1 saturated heterocycles. The Labute approximate surface area is 132 Å². The van der Waals surface area contributed by atoms with Gasteiger partial charge in [0.1, 0.15) is 0 Å². The molecule has 1 unspecified atom stereocenters. The lowest BCUT2D eigenvalue weighted by Gasteiger charge is -2.17. The molecule has 2 heterocycles. The molecule has 0 bridgehead atoms. The van der Waals surface area contributed by atoms with E-state index in [1.54, 1.807) is 11.3 Å². The lowest BCUT2D eigenvalue weighted by atomic mass is 9.91. The molecule has 1 atom stereocenters. The van der Waals surface area contributed by atoms with Gasteiger partial charge in [0.05, 0.1) is 22.2 Å². The van der Waals surface area contributed by atoms with E-state index in [2.05, 4.69) is 33.0 Å². The minimum absolute atomic E-state index is 0.00451. The van der Waals surface area contributed by atoms with Crippen molar-refractivity contribution >= 4 is 21.2 Å². The third kappa shape index (κ3) is 4.27. The number of rotatable bonds is 5. The smallest absolute Gasteiger partial charge is 0.151 e. The minimum atomic E-state index is -2.85. The first kappa shape index (κ1) is 16.9. The minimum Gasteiger partial charge on any atom is -0.312 e. The molecule has 0 aliphatic carbocycles. The Bertz CT molecular complexity index is 585. The summed E-state index contributed by atoms with van der Waals surface area (Å²) in [6.45, 7) is 10.5. The van der Waals surface area contributed by atoms with Crippen molar-refractivity contribution in [2.75, 3.05) is 18.1 Å². The van der Waals surface area contributed by atoms with Crippen LogP contribution in [-0.2, 0) is 21.8 Å². The molecule has 1 aliphatic heterocycles. The number of nitrogens with zero attached hydrogens (tertiary/aromatic N) is 1. The van der Waals surface area contributed by atoms with E-state index in [4.69, 9.17) is 4.98 Å². The van der Waals surface area contributed by atoms with Crippen molar-refractivity contribution in [2.24, 2.45) is 0 Å². The molecule has 120 valence electrons. The Morgan fingerprint density at radius 1 is 1.38 bits per heavy atom. The average Bonchev–Trinajstić information content (AvgIpc) is 2.92. The monoisotopic (exact) mass is 330 g/mol. The second-order valence-electron chi connectivity index (χ2n) is 6.85. The van der Waals surface area contributed by atoms with Crippen LogP contribution >= 0.6 is 11.3 Å². The first-order chi connectivity index (χ1) is 9.73. The normalized spacial score (nSPS) is 21.8. The number of hydrogen-bond acceptors (Lipinski definition) is 5. The van der Waals surface area contributed by atoms with Crippen LogP contribution in [0.3, 0.4) is 0 Å². The van der Waals surface area contributed by atoms with Gasteiger partial charge in [-0.25, -0.2) is 13.4 Å². The van der Waals surface area contributed by atoms with Gasteiger partial charge >= 0.3 is 0 Å². The molecule has 0 spiro atoms. The highest BCUT2D eigenvalue weighted by atomic mass is 32.2. The van der Waals surface area contributed by atoms with E-state index in [0.717, 1.165) is 36.6 Å². The van der Waals surface area contributed by atoms with E-state index in [9.17, 15) is 8.42 Å². The molecule has 1 N–H and O–H groups in total. The zero-order chi connectivity index (χ0) is 15.7. The van der Waals surface area contributed by atoms with Gasteiger partial charge in [0.25, 0.3) is 0 Å². The maximum absolute atomic E-state index is 11.7. The van der Waals surface area contributed by atoms with Gasteiger partial charge in [0.2, 0.25) is 0 Å². The first-order valence-electron chi connectivity index (χ1n) is 7.64. The maximum atomic E-state index is 11.7. The number of sulfone groups is 1. The summed E-state index contributed by atoms with van der Waals surface area (Å²) in [5, 5.41) is 4.44. The predicted molar refractivity (Wildman–Crippen MR) is 88.8 cm³/mol. The summed E-state index contributed by atoms with van der Waals surface area (Å²) in [5.74, 6) is 0.679. The average molecular weight is 331 g/mol. The molecular formula is C15H26N2O2S2. The van der Waals surface area contributed by atoms with Crippen LogP contribution in [0.2, 0.25) is 0 Å². The van der Waals surface area contributed by atoms with Crippen molar-refractivity contribution in [3.63, 3.8) is 0 Å². The molecule has 1 aromatic rings. The maximum Gasteiger partial charge on any atom is 0.151 e. The van der Waals surface area contributed by atoms with Crippen molar-refractivity contribution in [3.8, 4) is 0 Å². The fraction of sp³-hybridized carbons (Fsp3) is 0.800. The summed E-state index contributed by atoms with van der Waals surface area (Å²) in [7, 11) is -2.85. The van der Waals surface area contributed by atoms with Crippen LogP contribution < -0.4 is 5.32 Å². The molecule has 0 saturated carbocycles. The zero-order valence-electron chi connectivity index (χ0n) is 13.4. The van der Waals surface area contributed by atoms with Gasteiger partial charge in [-0.05, 0) is 19.4 Å². The summed E-state index contributed by atoms with van der Waals surface area (Å²) in [5.41, 5.74) is 1.12. The number of thiazole rings is 1. The van der Waals surface area contributed by atoms with Crippen LogP contribution in [0.1, 0.15) is 62.0 Å². The number of nitrogens with one attached hydrogen (secondary N) is 1. The highest BCUT2D eigenvalue weighted by Gasteiger charge is 2.33. The molecule has 1 aliphatic rings. The van der Waals surface area contributed by atoms with E-state index in [1.165, 1.54) is 4.88 Å². The van der Waals surface area contributed by atoms with E-state index in [1.807, 2.05) is 0 Å². The topological polar surface area (TPSA) is 59.1 Å². The lowest BCUT2D eigenvalue weighted by Crippen LogP contribution is -2.19. The zero-order valence-corrected chi connectivity index (χ0v) is 15.0. The van der Waals surface area contributed by atoms with Crippen LogP contribution in [0.15, 0.2) is 0 Å². The van der Waals surface area contributed by atoms with Crippen molar-refractivity contribution < 1.29 is 8.42 Å². The lowest BCUT2D eigenvalue weighted by molar-refractivity contribution is 0.555. The van der Waals surface area contributed by atoms with E-state index >= 15 is 0 Å². The predicted octanol–water partition coefficient (Wildman–Crippen LogP) is 2.84. The standard InChI is InChI=1S/C15H26N2O2S2/c1-5-7-16-9-12-13(15(2,3)4)17-14(20-12)11-6-8-21(18,19)10-11/h11,16H,5-10H2,1-4H3. The first-order valence-corrected chi connectivity index (χ1v) is 10.3. The Morgan fingerprint density at radius 3 is 2.62 bits per heavy atom. The van der Waals surface area contributed by atoms with Crippen molar-refractivity contribution in [3.05, 3.63) is 15.6 Å². The molecule has 1 aromatic heterocycles. The molecule has 0 amide bonds. The van der Waals surface area contributed by atoms with E-state index in [0.29, 0.717) is 5.75 Å². The Hall–Kier alpha value is -0.460. The fourth-order valence-electron chi connectivity index (χ4n) is 2.62. The van der Waals surface area contributed by atoms with Crippen LogP contribution in [0, 0.1) is 0 Å². The largest absolute Gasteiger partial charge is 0.312 e. The highest BCUT2D eigenvalue weighted by molar-refractivity contribution is 7.91. The molecule has 2 rings (SSSR count). The van der Waals surface area contributed by atoms with Gasteiger partial charge in [-0.3, -0.25) is 0 Å². The van der Waals surface area contributed by atoms with Gasteiger partial charge < -0.3 is 5.32 Å². The summed E-state index contributed by atoms with van der Waals surface area (Å²) < 4.78 is 23.4. The summed E-state index contributed by atoms with van der Waals surface area (Å²) in [6, 6.07) is 0. The Morgan fingerprint density at radius 2 is 2.10 bits per heavy atom. The molecule has 1 fully saturated rings. The van der Waals surface area contributed by atoms with Crippen molar-refractivity contribution in [1.82, 2.24) is 10.3 Å². The van der Waals surface area contributed by atoms with Gasteiger partial charge in [-0.1, -0.05) is 27.7 Å². The summed E-state index contributed by atoms with van der Waals surface area (Å²) in [6.07, 6.45) is 1.83. The second-order valence-corrected chi connectivity index (χ2v) is 10.2. The van der Waals surface area contributed by atoms with E-state index < -0.39 is 9.84 Å². The molecule has 0 aromatic carbocycles. The number of aromatic nitrogens is 1. The van der Waals surface area contributed by atoms with Crippen LogP contribution in [0.5, 0.6) is 0 Å². The van der Waals surface area contributed by atoms with Crippen molar-refractivity contribution in [1.29, 1.82) is 0 Å². The molecular weight excluding hydrogens is 304 g/mol. The van der Waals surface area contributed by atoms with E-state index in [-0.39, 0.29) is 17.1 Å². The SMILES string of the molecule is CCCNCc1sc(C2CCS(=O)(=O)C2)nc1C(C)(C)C. The molecule has 6 heteroatoms. The third-order valence-electron chi connectivity index (χ3n) is 3.72. The van der Waals surface area contributed by atoms with Gasteiger partial charge in [0.15, 0.2) is 9.84 Å². The summed E-state index contributed by atoms with van der Waals surface area (Å²) in [4.78, 5) is 6.08. The third-order valence-corrected chi connectivity index (χ3v) is 6.70. The Balaban J connectivity index is 2.24. The number of hydrogen-bond donors (Lipinski definition) is 1. The second kappa shape index (κ2) is 6.34. The fourth-order valence-corrected chi connectivity index (χ4v) is 5.85. The van der Waals surface area contributed by atoms with Gasteiger partial charge in [-0.15, -0.1) is 11.3 Å². The quantitative estimate of drug-likeness (QED) is 0.844. The molecule has 4 nitrogen and oxygen atoms in total. The van der Waals surface area contributed by atoms with Crippen LogP contribution in [-0.4, -0.2) is 31.5 Å². The van der Waals surface area contributed by atoms with Gasteiger partial charge in [0, 0.05) is 22.8 Å².